The van der Waals surface area contributed by atoms with Crippen molar-refractivity contribution >= 4 is 11.8 Å². The van der Waals surface area contributed by atoms with Gasteiger partial charge in [0.2, 0.25) is 6.79 Å². The van der Waals surface area contributed by atoms with E-state index >= 15 is 0 Å². The van der Waals surface area contributed by atoms with Gasteiger partial charge in [-0.25, -0.2) is 9.97 Å². The van der Waals surface area contributed by atoms with Crippen LogP contribution in [0.2, 0.25) is 0 Å². The molecule has 1 aromatic carbocycles. The zero-order valence-corrected chi connectivity index (χ0v) is 16.4. The monoisotopic (exact) mass is 392 g/mol. The van der Waals surface area contributed by atoms with E-state index in [0.717, 1.165) is 54.0 Å². The predicted molar refractivity (Wildman–Crippen MR) is 107 cm³/mol. The van der Waals surface area contributed by atoms with E-state index in [1.165, 1.54) is 16.8 Å². The van der Waals surface area contributed by atoms with Gasteiger partial charge in [-0.15, -0.1) is 0 Å². The molecule has 5 rings (SSSR count). The number of thioether (sulfide) groups is 1. The Hall–Kier alpha value is -2.64. The zero-order valence-electron chi connectivity index (χ0n) is 15.6. The van der Waals surface area contributed by atoms with Gasteiger partial charge in [0.25, 0.3) is 0 Å². The molecule has 3 aromatic rings. The predicted octanol–water partition coefficient (Wildman–Crippen LogP) is 3.55. The molecule has 0 N–H and O–H groups in total. The lowest BCUT2D eigenvalue weighted by Crippen LogP contribution is -2.31. The van der Waals surface area contributed by atoms with Crippen LogP contribution in [0.4, 0.5) is 0 Å². The first-order chi connectivity index (χ1) is 13.8. The summed E-state index contributed by atoms with van der Waals surface area (Å²) in [6.07, 6.45) is 6.91. The smallest absolute Gasteiger partial charge is 0.231 e. The van der Waals surface area contributed by atoms with Crippen LogP contribution >= 0.6 is 11.8 Å². The van der Waals surface area contributed by atoms with Crippen molar-refractivity contribution in [2.75, 3.05) is 19.6 Å². The molecule has 4 heterocycles. The van der Waals surface area contributed by atoms with Crippen LogP contribution in [0.15, 0.2) is 47.9 Å². The lowest BCUT2D eigenvalue weighted by Gasteiger charge is -2.27. The van der Waals surface area contributed by atoms with Crippen LogP contribution in [0.25, 0.3) is 11.3 Å². The van der Waals surface area contributed by atoms with Crippen molar-refractivity contribution in [1.29, 1.82) is 0 Å². The first-order valence-electron chi connectivity index (χ1n) is 9.24. The van der Waals surface area contributed by atoms with Crippen LogP contribution in [-0.4, -0.2) is 39.4 Å². The second-order valence-corrected chi connectivity index (χ2v) is 7.68. The average Bonchev–Trinajstić information content (AvgIpc) is 3.22. The molecule has 0 bridgehead atoms. The van der Waals surface area contributed by atoms with Crippen LogP contribution in [0.1, 0.15) is 16.8 Å². The standard InChI is InChI=1S/C21H20N4O2S/c1-28-21-23-10-16-12-25(7-6-18(16)24-21)11-14-2-4-17(22-9-14)15-3-5-19-20(8-15)27-13-26-19/h2-5,8-10H,6-7,11-13H2,1H3. The fourth-order valence-corrected chi connectivity index (χ4v) is 3.95. The highest BCUT2D eigenvalue weighted by molar-refractivity contribution is 7.98. The van der Waals surface area contributed by atoms with Crippen molar-refractivity contribution in [2.45, 2.75) is 24.7 Å². The summed E-state index contributed by atoms with van der Waals surface area (Å²) in [6.45, 7) is 3.04. The second kappa shape index (κ2) is 7.41. The van der Waals surface area contributed by atoms with E-state index in [-0.39, 0.29) is 6.79 Å². The van der Waals surface area contributed by atoms with E-state index in [4.69, 9.17) is 9.47 Å². The number of benzene rings is 1. The maximum Gasteiger partial charge on any atom is 0.231 e. The molecular formula is C21H20N4O2S. The Bertz CT molecular complexity index is 1010. The fraction of sp³-hybridized carbons (Fsp3) is 0.286. The van der Waals surface area contributed by atoms with Crippen molar-refractivity contribution in [2.24, 2.45) is 0 Å². The summed E-state index contributed by atoms with van der Waals surface area (Å²) >= 11 is 1.59. The lowest BCUT2D eigenvalue weighted by molar-refractivity contribution is 0.174. The highest BCUT2D eigenvalue weighted by atomic mass is 32.2. The van der Waals surface area contributed by atoms with Crippen LogP contribution < -0.4 is 9.47 Å². The minimum atomic E-state index is 0.285. The number of ether oxygens (including phenoxy) is 2. The Labute approximate surface area is 167 Å². The van der Waals surface area contributed by atoms with Gasteiger partial charge in [-0.3, -0.25) is 9.88 Å². The summed E-state index contributed by atoms with van der Waals surface area (Å²) in [5.74, 6) is 1.57. The molecule has 2 aliphatic heterocycles. The van der Waals surface area contributed by atoms with Crippen molar-refractivity contribution in [3.63, 3.8) is 0 Å². The Morgan fingerprint density at radius 1 is 1.07 bits per heavy atom. The number of fused-ring (bicyclic) bond motifs is 2. The normalized spacial score (nSPS) is 15.5. The molecule has 0 atom stereocenters. The Morgan fingerprint density at radius 2 is 2.00 bits per heavy atom. The van der Waals surface area contributed by atoms with E-state index in [0.29, 0.717) is 0 Å². The third-order valence-corrected chi connectivity index (χ3v) is 5.63. The molecule has 0 fully saturated rings. The summed E-state index contributed by atoms with van der Waals surface area (Å²) in [5, 5.41) is 0.857. The molecule has 0 saturated carbocycles. The van der Waals surface area contributed by atoms with Gasteiger partial charge < -0.3 is 9.47 Å². The van der Waals surface area contributed by atoms with Gasteiger partial charge in [0, 0.05) is 49.6 Å². The minimum Gasteiger partial charge on any atom is -0.454 e. The quantitative estimate of drug-likeness (QED) is 0.497. The van der Waals surface area contributed by atoms with Gasteiger partial charge in [-0.1, -0.05) is 17.8 Å². The van der Waals surface area contributed by atoms with E-state index in [1.54, 1.807) is 11.8 Å². The van der Waals surface area contributed by atoms with Gasteiger partial charge in [-0.2, -0.15) is 0 Å². The summed E-state index contributed by atoms with van der Waals surface area (Å²) in [6, 6.07) is 10.1. The molecule has 7 heteroatoms. The summed E-state index contributed by atoms with van der Waals surface area (Å²) in [4.78, 5) is 16.1. The van der Waals surface area contributed by atoms with E-state index in [2.05, 4.69) is 32.0 Å². The largest absolute Gasteiger partial charge is 0.454 e. The van der Waals surface area contributed by atoms with E-state index < -0.39 is 0 Å². The van der Waals surface area contributed by atoms with Crippen molar-refractivity contribution in [3.05, 3.63) is 59.5 Å². The molecule has 2 aliphatic rings. The molecule has 0 aliphatic carbocycles. The first-order valence-corrected chi connectivity index (χ1v) is 10.5. The molecule has 0 saturated heterocycles. The Balaban J connectivity index is 1.28. The van der Waals surface area contributed by atoms with Gasteiger partial charge in [0.05, 0.1) is 11.4 Å². The maximum atomic E-state index is 5.46. The van der Waals surface area contributed by atoms with Crippen LogP contribution in [0, 0.1) is 0 Å². The first kappa shape index (κ1) is 17.5. The number of hydrogen-bond acceptors (Lipinski definition) is 7. The van der Waals surface area contributed by atoms with Crippen LogP contribution in [0.3, 0.4) is 0 Å². The van der Waals surface area contributed by atoms with Crippen molar-refractivity contribution in [1.82, 2.24) is 19.9 Å². The van der Waals surface area contributed by atoms with Crippen molar-refractivity contribution < 1.29 is 9.47 Å². The fourth-order valence-electron chi connectivity index (χ4n) is 3.59. The Kier molecular flexibility index (Phi) is 4.62. The van der Waals surface area contributed by atoms with E-state index in [9.17, 15) is 0 Å². The summed E-state index contributed by atoms with van der Waals surface area (Å²) in [5.41, 5.74) is 5.59. The third kappa shape index (κ3) is 3.43. The molecule has 0 spiro atoms. The number of pyridine rings is 1. The van der Waals surface area contributed by atoms with E-state index in [1.807, 2.05) is 36.8 Å². The number of nitrogens with zero attached hydrogens (tertiary/aromatic N) is 4. The maximum absolute atomic E-state index is 5.46. The van der Waals surface area contributed by atoms with Gasteiger partial charge in [-0.05, 0) is 36.1 Å². The number of hydrogen-bond donors (Lipinski definition) is 0. The third-order valence-electron chi connectivity index (χ3n) is 5.07. The summed E-state index contributed by atoms with van der Waals surface area (Å²) in [7, 11) is 0. The Morgan fingerprint density at radius 3 is 2.86 bits per heavy atom. The number of aromatic nitrogens is 3. The van der Waals surface area contributed by atoms with Crippen LogP contribution in [-0.2, 0) is 19.5 Å². The SMILES string of the molecule is CSc1ncc2c(n1)CCN(Cc1ccc(-c3ccc4c(c3)OCO4)nc1)C2. The molecule has 28 heavy (non-hydrogen) atoms. The molecule has 0 radical (unpaired) electrons. The highest BCUT2D eigenvalue weighted by Crippen LogP contribution is 2.35. The molecule has 0 amide bonds. The molecule has 142 valence electrons. The molecule has 6 nitrogen and oxygen atoms in total. The average molecular weight is 392 g/mol. The highest BCUT2D eigenvalue weighted by Gasteiger charge is 2.19. The molecule has 2 aromatic heterocycles. The van der Waals surface area contributed by atoms with Gasteiger partial charge in [0.1, 0.15) is 0 Å². The van der Waals surface area contributed by atoms with Crippen molar-refractivity contribution in [3.8, 4) is 22.8 Å². The van der Waals surface area contributed by atoms with Gasteiger partial charge in [0.15, 0.2) is 16.7 Å². The summed E-state index contributed by atoms with van der Waals surface area (Å²) < 4.78 is 10.8. The second-order valence-electron chi connectivity index (χ2n) is 6.91. The molecular weight excluding hydrogens is 372 g/mol. The zero-order chi connectivity index (χ0) is 18.9. The lowest BCUT2D eigenvalue weighted by atomic mass is 10.1. The topological polar surface area (TPSA) is 60.4 Å². The van der Waals surface area contributed by atoms with Crippen LogP contribution in [0.5, 0.6) is 11.5 Å². The number of rotatable bonds is 4. The van der Waals surface area contributed by atoms with Gasteiger partial charge >= 0.3 is 0 Å². The molecule has 0 unspecified atom stereocenters. The minimum absolute atomic E-state index is 0.285.